The summed E-state index contributed by atoms with van der Waals surface area (Å²) in [6.45, 7) is 14.8. The Morgan fingerprint density at radius 3 is 2.55 bits per heavy atom. The number of nitrogens with one attached hydrogen (secondary N) is 2. The van der Waals surface area contributed by atoms with E-state index in [0.717, 1.165) is 12.8 Å². The smallest absolute Gasteiger partial charge is 0.259 e. The minimum atomic E-state index is -0.245. The third-order valence-corrected chi connectivity index (χ3v) is 7.72. The lowest BCUT2D eigenvalue weighted by molar-refractivity contribution is -0.140. The van der Waals surface area contributed by atoms with Crippen molar-refractivity contribution in [2.75, 3.05) is 58.4 Å². The highest BCUT2D eigenvalue weighted by atomic mass is 16.5. The molecular weight excluding hydrogens is 484 g/mol. The van der Waals surface area contributed by atoms with Crippen molar-refractivity contribution in [3.05, 3.63) is 17.6 Å². The van der Waals surface area contributed by atoms with Gasteiger partial charge >= 0.3 is 0 Å². The van der Waals surface area contributed by atoms with Crippen molar-refractivity contribution < 1.29 is 19.1 Å². The van der Waals surface area contributed by atoms with Gasteiger partial charge in [-0.2, -0.15) is 0 Å². The van der Waals surface area contributed by atoms with Gasteiger partial charge in [-0.05, 0) is 25.2 Å². The summed E-state index contributed by atoms with van der Waals surface area (Å²) in [5.41, 5.74) is 0.242. The number of morpholine rings is 1. The van der Waals surface area contributed by atoms with Gasteiger partial charge in [0.2, 0.25) is 5.91 Å². The van der Waals surface area contributed by atoms with Crippen molar-refractivity contribution in [1.29, 1.82) is 0 Å². The SMILES string of the molecule is COC1CC(Nc2nc(C(C)(C)C)ncc2C(=O)N(CC(C)C)[C@@H]2CNC[C@H](C(=O)N3CCOCC3)C2)C1. The molecule has 38 heavy (non-hydrogen) atoms. The third-order valence-electron chi connectivity index (χ3n) is 7.72. The Morgan fingerprint density at radius 1 is 1.21 bits per heavy atom. The van der Waals surface area contributed by atoms with Crippen LogP contribution in [-0.4, -0.2) is 103 Å². The minimum absolute atomic E-state index is 0.0875. The number of ether oxygens (including phenoxy) is 2. The van der Waals surface area contributed by atoms with Gasteiger partial charge in [-0.3, -0.25) is 9.59 Å². The second-order valence-electron chi connectivity index (χ2n) is 12.4. The lowest BCUT2D eigenvalue weighted by Gasteiger charge is -2.40. The fourth-order valence-electron chi connectivity index (χ4n) is 5.41. The number of anilines is 1. The number of rotatable bonds is 8. The highest BCUT2D eigenvalue weighted by Gasteiger charge is 2.37. The molecule has 3 fully saturated rings. The van der Waals surface area contributed by atoms with E-state index in [9.17, 15) is 9.59 Å². The summed E-state index contributed by atoms with van der Waals surface area (Å²) in [5.74, 6) is 1.47. The zero-order chi connectivity index (χ0) is 27.4. The van der Waals surface area contributed by atoms with Crippen LogP contribution in [0, 0.1) is 11.8 Å². The van der Waals surface area contributed by atoms with Crippen molar-refractivity contribution in [3.63, 3.8) is 0 Å². The number of hydrogen-bond acceptors (Lipinski definition) is 8. The van der Waals surface area contributed by atoms with Crippen LogP contribution >= 0.6 is 0 Å². The van der Waals surface area contributed by atoms with Crippen LogP contribution in [0.15, 0.2) is 6.20 Å². The number of amides is 2. The molecule has 1 aromatic heterocycles. The van der Waals surface area contributed by atoms with Crippen molar-refractivity contribution in [3.8, 4) is 0 Å². The summed E-state index contributed by atoms with van der Waals surface area (Å²) >= 11 is 0. The van der Waals surface area contributed by atoms with Gasteiger partial charge in [0.05, 0.1) is 25.2 Å². The molecule has 212 valence electrons. The van der Waals surface area contributed by atoms with Crippen LogP contribution in [0.3, 0.4) is 0 Å². The van der Waals surface area contributed by atoms with Crippen molar-refractivity contribution >= 4 is 17.6 Å². The zero-order valence-electron chi connectivity index (χ0n) is 24.0. The number of nitrogens with zero attached hydrogens (tertiary/aromatic N) is 4. The molecule has 1 saturated carbocycles. The molecule has 0 aromatic carbocycles. The fraction of sp³-hybridized carbons (Fsp3) is 0.786. The maximum Gasteiger partial charge on any atom is 0.259 e. The Kier molecular flexibility index (Phi) is 9.26. The molecule has 2 aliphatic heterocycles. The first-order chi connectivity index (χ1) is 18.1. The minimum Gasteiger partial charge on any atom is -0.381 e. The van der Waals surface area contributed by atoms with Crippen LogP contribution in [0.5, 0.6) is 0 Å². The molecule has 0 spiro atoms. The molecule has 0 radical (unpaired) electrons. The average Bonchev–Trinajstić information content (AvgIpc) is 2.88. The van der Waals surface area contributed by atoms with Crippen LogP contribution in [0.1, 0.15) is 70.1 Å². The van der Waals surface area contributed by atoms with Crippen molar-refractivity contribution in [2.45, 2.75) is 77.5 Å². The van der Waals surface area contributed by atoms with Crippen LogP contribution < -0.4 is 10.6 Å². The number of carbonyl (C=O) groups excluding carboxylic acids is 2. The normalized spacial score (nSPS) is 26.1. The van der Waals surface area contributed by atoms with E-state index in [2.05, 4.69) is 50.2 Å². The highest BCUT2D eigenvalue weighted by Crippen LogP contribution is 2.30. The summed E-state index contributed by atoms with van der Waals surface area (Å²) < 4.78 is 10.9. The summed E-state index contributed by atoms with van der Waals surface area (Å²) in [7, 11) is 1.73. The number of carbonyl (C=O) groups is 2. The predicted molar refractivity (Wildman–Crippen MR) is 146 cm³/mol. The van der Waals surface area contributed by atoms with Gasteiger partial charge in [0.15, 0.2) is 0 Å². The largest absolute Gasteiger partial charge is 0.381 e. The number of hydrogen-bond donors (Lipinski definition) is 2. The molecular formula is C28H46N6O4. The second-order valence-corrected chi connectivity index (χ2v) is 12.4. The van der Waals surface area contributed by atoms with E-state index in [1.807, 2.05) is 9.80 Å². The molecule has 2 saturated heterocycles. The molecule has 0 unspecified atom stereocenters. The van der Waals surface area contributed by atoms with Crippen molar-refractivity contribution in [1.82, 2.24) is 25.1 Å². The van der Waals surface area contributed by atoms with E-state index in [0.29, 0.717) is 69.6 Å². The quantitative estimate of drug-likeness (QED) is 0.527. The van der Waals surface area contributed by atoms with Gasteiger partial charge in [0.25, 0.3) is 5.91 Å². The Hall–Kier alpha value is -2.30. The highest BCUT2D eigenvalue weighted by molar-refractivity contribution is 5.98. The monoisotopic (exact) mass is 530 g/mol. The second kappa shape index (κ2) is 12.3. The number of methoxy groups -OCH3 is 1. The first-order valence-corrected chi connectivity index (χ1v) is 14.1. The zero-order valence-corrected chi connectivity index (χ0v) is 24.0. The topological polar surface area (TPSA) is 109 Å². The molecule has 1 aromatic rings. The van der Waals surface area contributed by atoms with E-state index in [1.54, 1.807) is 13.3 Å². The summed E-state index contributed by atoms with van der Waals surface area (Å²) in [6.07, 6.45) is 4.33. The summed E-state index contributed by atoms with van der Waals surface area (Å²) in [4.78, 5) is 40.8. The van der Waals surface area contributed by atoms with Crippen LogP contribution in [0.2, 0.25) is 0 Å². The molecule has 2 atom stereocenters. The molecule has 4 rings (SSSR count). The molecule has 3 heterocycles. The van der Waals surface area contributed by atoms with Crippen LogP contribution in [0.25, 0.3) is 0 Å². The van der Waals surface area contributed by atoms with Gasteiger partial charge in [-0.25, -0.2) is 9.97 Å². The fourth-order valence-corrected chi connectivity index (χ4v) is 5.41. The molecule has 3 aliphatic rings. The predicted octanol–water partition coefficient (Wildman–Crippen LogP) is 2.30. The Morgan fingerprint density at radius 2 is 1.92 bits per heavy atom. The van der Waals surface area contributed by atoms with E-state index < -0.39 is 0 Å². The molecule has 1 aliphatic carbocycles. The molecule has 10 nitrogen and oxygen atoms in total. The van der Waals surface area contributed by atoms with Crippen LogP contribution in [-0.2, 0) is 19.7 Å². The third kappa shape index (κ3) is 6.82. The summed E-state index contributed by atoms with van der Waals surface area (Å²) in [5, 5.41) is 6.96. The van der Waals surface area contributed by atoms with E-state index in [-0.39, 0.29) is 47.3 Å². The molecule has 10 heteroatoms. The first kappa shape index (κ1) is 28.7. The van der Waals surface area contributed by atoms with Gasteiger partial charge < -0.3 is 29.9 Å². The Labute approximate surface area is 227 Å². The molecule has 0 bridgehead atoms. The van der Waals surface area contributed by atoms with Gasteiger partial charge in [-0.15, -0.1) is 0 Å². The van der Waals surface area contributed by atoms with Crippen LogP contribution in [0.4, 0.5) is 5.82 Å². The van der Waals surface area contributed by atoms with Gasteiger partial charge in [0, 0.05) is 63.5 Å². The maximum absolute atomic E-state index is 14.2. The lowest BCUT2D eigenvalue weighted by Crippen LogP contribution is -2.56. The van der Waals surface area contributed by atoms with Gasteiger partial charge in [0.1, 0.15) is 17.2 Å². The van der Waals surface area contributed by atoms with E-state index in [4.69, 9.17) is 14.5 Å². The Balaban J connectivity index is 1.57. The number of aromatic nitrogens is 2. The van der Waals surface area contributed by atoms with E-state index in [1.165, 1.54) is 0 Å². The molecule has 2 N–H and O–H groups in total. The lowest BCUT2D eigenvalue weighted by atomic mass is 9.89. The maximum atomic E-state index is 14.2. The van der Waals surface area contributed by atoms with E-state index >= 15 is 0 Å². The molecule has 2 amide bonds. The van der Waals surface area contributed by atoms with Crippen molar-refractivity contribution in [2.24, 2.45) is 11.8 Å². The standard InChI is InChI=1S/C28H46N6O4/c1-18(2)17-34(21-11-19(14-29-15-21)25(35)33-7-9-38-10-8-33)26(36)23-16-30-27(28(3,4)5)32-24(23)31-20-12-22(13-20)37-6/h16,18-22,29H,7-15,17H2,1-6H3,(H,30,31,32)/t19-,20?,21+,22?/m1/s1. The number of piperidine rings is 1. The van der Waals surface area contributed by atoms with Gasteiger partial charge in [-0.1, -0.05) is 34.6 Å². The Bertz CT molecular complexity index is 969. The first-order valence-electron chi connectivity index (χ1n) is 14.1. The summed E-state index contributed by atoms with van der Waals surface area (Å²) in [6, 6.07) is 0.116. The average molecular weight is 531 g/mol.